The maximum atomic E-state index is 12.8. The number of hydrogen-bond acceptors (Lipinski definition) is 4. The van der Waals surface area contributed by atoms with Gasteiger partial charge in [-0.15, -0.1) is 0 Å². The summed E-state index contributed by atoms with van der Waals surface area (Å²) in [6.07, 6.45) is 1.40. The second-order valence-corrected chi connectivity index (χ2v) is 7.30. The van der Waals surface area contributed by atoms with Gasteiger partial charge in [0.1, 0.15) is 11.3 Å². The molecule has 0 bridgehead atoms. The number of anilines is 2. The first-order valence-corrected chi connectivity index (χ1v) is 10.1. The van der Waals surface area contributed by atoms with Crippen molar-refractivity contribution in [3.63, 3.8) is 0 Å². The number of ether oxygens (including phenoxy) is 1. The van der Waals surface area contributed by atoms with Crippen molar-refractivity contribution in [2.45, 2.75) is 0 Å². The minimum Gasteiger partial charge on any atom is -0.483 e. The van der Waals surface area contributed by atoms with Gasteiger partial charge in [0.05, 0.1) is 5.69 Å². The predicted molar refractivity (Wildman–Crippen MR) is 122 cm³/mol. The molecule has 3 amide bonds. The molecule has 0 radical (unpaired) electrons. The monoisotopic (exact) mass is 447 g/mol. The van der Waals surface area contributed by atoms with Crippen LogP contribution in [0.4, 0.5) is 11.4 Å². The highest BCUT2D eigenvalue weighted by atomic mass is 35.5. The van der Waals surface area contributed by atoms with Crippen LogP contribution >= 0.6 is 11.6 Å². The summed E-state index contributed by atoms with van der Waals surface area (Å²) >= 11 is 6.11. The van der Waals surface area contributed by atoms with E-state index in [4.69, 9.17) is 16.3 Å². The van der Waals surface area contributed by atoms with Crippen LogP contribution in [0.15, 0.2) is 84.4 Å². The third-order valence-electron chi connectivity index (χ3n) is 4.59. The fourth-order valence-corrected chi connectivity index (χ4v) is 3.28. The van der Waals surface area contributed by atoms with Gasteiger partial charge in [-0.25, -0.2) is 5.01 Å². The molecule has 1 aliphatic rings. The lowest BCUT2D eigenvalue weighted by Gasteiger charge is -2.14. The summed E-state index contributed by atoms with van der Waals surface area (Å²) in [5.74, 6) is -1.10. The number of para-hydroxylation sites is 2. The molecule has 3 aromatic carbocycles. The smallest absolute Gasteiger partial charge is 0.282 e. The van der Waals surface area contributed by atoms with E-state index in [0.29, 0.717) is 27.7 Å². The SMILES string of the molecule is O=C(COc1ccc(Cl)cc1/C=C1/C(=O)NN(c2ccccc2)C1=O)Nc1ccccc1. The number of hydrogen-bond donors (Lipinski definition) is 2. The van der Waals surface area contributed by atoms with E-state index in [9.17, 15) is 14.4 Å². The van der Waals surface area contributed by atoms with Gasteiger partial charge in [0.15, 0.2) is 6.61 Å². The third kappa shape index (κ3) is 4.79. The zero-order valence-electron chi connectivity index (χ0n) is 16.7. The highest BCUT2D eigenvalue weighted by Gasteiger charge is 2.34. The van der Waals surface area contributed by atoms with Gasteiger partial charge in [-0.05, 0) is 48.5 Å². The standard InChI is InChI=1S/C24H18ClN3O4/c25-17-11-12-21(32-15-22(29)26-18-7-3-1-4-8-18)16(13-17)14-20-23(30)27-28(24(20)31)19-9-5-2-6-10-19/h1-14H,15H2,(H,26,29)(H,27,30)/b20-14-. The summed E-state index contributed by atoms with van der Waals surface area (Å²) in [6, 6.07) is 22.5. The van der Waals surface area contributed by atoms with Crippen molar-refractivity contribution in [3.8, 4) is 5.75 Å². The largest absolute Gasteiger partial charge is 0.483 e. The van der Waals surface area contributed by atoms with E-state index in [1.165, 1.54) is 11.1 Å². The molecule has 0 unspecified atom stereocenters. The Bertz CT molecular complexity index is 1200. The number of hydrazine groups is 1. The van der Waals surface area contributed by atoms with E-state index in [0.717, 1.165) is 0 Å². The molecule has 3 aromatic rings. The van der Waals surface area contributed by atoms with Crippen LogP contribution in [0, 0.1) is 0 Å². The maximum Gasteiger partial charge on any atom is 0.282 e. The second-order valence-electron chi connectivity index (χ2n) is 6.86. The molecule has 1 aliphatic heterocycles. The average molecular weight is 448 g/mol. The molecule has 1 saturated heterocycles. The van der Waals surface area contributed by atoms with Crippen LogP contribution in [0.5, 0.6) is 5.75 Å². The van der Waals surface area contributed by atoms with Crippen molar-refractivity contribution >= 4 is 46.8 Å². The Morgan fingerprint density at radius 3 is 2.41 bits per heavy atom. The lowest BCUT2D eigenvalue weighted by atomic mass is 10.1. The summed E-state index contributed by atoms with van der Waals surface area (Å²) in [7, 11) is 0. The zero-order chi connectivity index (χ0) is 22.5. The quantitative estimate of drug-likeness (QED) is 0.444. The molecule has 0 atom stereocenters. The predicted octanol–water partition coefficient (Wildman–Crippen LogP) is 3.82. The van der Waals surface area contributed by atoms with E-state index in [1.807, 2.05) is 24.3 Å². The van der Waals surface area contributed by atoms with Gasteiger partial charge in [0.2, 0.25) is 0 Å². The van der Waals surface area contributed by atoms with Crippen LogP contribution < -0.4 is 20.5 Å². The number of carbonyl (C=O) groups is 3. The molecular weight excluding hydrogens is 430 g/mol. The Morgan fingerprint density at radius 1 is 1.00 bits per heavy atom. The van der Waals surface area contributed by atoms with Gasteiger partial charge < -0.3 is 10.1 Å². The third-order valence-corrected chi connectivity index (χ3v) is 4.83. The molecule has 1 fully saturated rings. The minimum absolute atomic E-state index is 0.0743. The van der Waals surface area contributed by atoms with E-state index in [-0.39, 0.29) is 18.1 Å². The summed E-state index contributed by atoms with van der Waals surface area (Å²) in [5, 5.41) is 4.29. The normalized spacial score (nSPS) is 14.4. The van der Waals surface area contributed by atoms with Crippen LogP contribution in [0.25, 0.3) is 6.08 Å². The molecule has 0 spiro atoms. The average Bonchev–Trinajstić information content (AvgIpc) is 3.08. The number of nitrogens with one attached hydrogen (secondary N) is 2. The summed E-state index contributed by atoms with van der Waals surface area (Å²) in [4.78, 5) is 37.5. The van der Waals surface area contributed by atoms with Gasteiger partial charge in [0.25, 0.3) is 17.7 Å². The number of rotatable bonds is 6. The summed E-state index contributed by atoms with van der Waals surface area (Å²) in [6.45, 7) is -0.261. The van der Waals surface area contributed by atoms with Crippen molar-refractivity contribution in [1.29, 1.82) is 0 Å². The Balaban J connectivity index is 1.53. The van der Waals surface area contributed by atoms with E-state index in [2.05, 4.69) is 10.7 Å². The lowest BCUT2D eigenvalue weighted by Crippen LogP contribution is -2.35. The Hall–Kier alpha value is -4.10. The molecule has 0 saturated carbocycles. The highest BCUT2D eigenvalue weighted by Crippen LogP contribution is 2.28. The Labute approximate surface area is 189 Å². The number of carbonyl (C=O) groups excluding carboxylic acids is 3. The maximum absolute atomic E-state index is 12.8. The molecule has 1 heterocycles. The van der Waals surface area contributed by atoms with Crippen molar-refractivity contribution < 1.29 is 19.1 Å². The van der Waals surface area contributed by atoms with Crippen LogP contribution in [-0.4, -0.2) is 24.3 Å². The summed E-state index contributed by atoms with van der Waals surface area (Å²) in [5.41, 5.74) is 4.05. The van der Waals surface area contributed by atoms with E-state index < -0.39 is 11.8 Å². The highest BCUT2D eigenvalue weighted by molar-refractivity contribution is 6.32. The minimum atomic E-state index is -0.549. The molecule has 2 N–H and O–H groups in total. The Morgan fingerprint density at radius 2 is 1.69 bits per heavy atom. The fraction of sp³-hybridized carbons (Fsp3) is 0.0417. The van der Waals surface area contributed by atoms with E-state index >= 15 is 0 Å². The molecule has 32 heavy (non-hydrogen) atoms. The number of benzene rings is 3. The summed E-state index contributed by atoms with van der Waals surface area (Å²) < 4.78 is 5.65. The first-order chi connectivity index (χ1) is 15.5. The van der Waals surface area contributed by atoms with Crippen LogP contribution in [0.2, 0.25) is 5.02 Å². The zero-order valence-corrected chi connectivity index (χ0v) is 17.5. The van der Waals surface area contributed by atoms with Crippen molar-refractivity contribution in [2.24, 2.45) is 0 Å². The topological polar surface area (TPSA) is 87.7 Å². The first-order valence-electron chi connectivity index (χ1n) is 9.71. The first kappa shape index (κ1) is 21.1. The van der Waals surface area contributed by atoms with Gasteiger partial charge in [0, 0.05) is 16.3 Å². The van der Waals surface area contributed by atoms with E-state index in [1.54, 1.807) is 54.6 Å². The molecule has 0 aromatic heterocycles. The lowest BCUT2D eigenvalue weighted by molar-refractivity contribution is -0.118. The molecular formula is C24H18ClN3O4. The van der Waals surface area contributed by atoms with Crippen molar-refractivity contribution in [1.82, 2.24) is 5.43 Å². The molecule has 8 heteroatoms. The number of amides is 3. The Kier molecular flexibility index (Phi) is 6.19. The van der Waals surface area contributed by atoms with Gasteiger partial charge >= 0.3 is 0 Å². The molecule has 0 aliphatic carbocycles. The van der Waals surface area contributed by atoms with Gasteiger partial charge in [-0.1, -0.05) is 48.0 Å². The van der Waals surface area contributed by atoms with Gasteiger partial charge in [-0.2, -0.15) is 0 Å². The van der Waals surface area contributed by atoms with Crippen molar-refractivity contribution in [2.75, 3.05) is 16.9 Å². The molecule has 4 rings (SSSR count). The molecule has 160 valence electrons. The second kappa shape index (κ2) is 9.36. The fourth-order valence-electron chi connectivity index (χ4n) is 3.10. The van der Waals surface area contributed by atoms with Crippen molar-refractivity contribution in [3.05, 3.63) is 95.0 Å². The number of halogens is 1. The number of nitrogens with zero attached hydrogens (tertiary/aromatic N) is 1. The van der Waals surface area contributed by atoms with Crippen LogP contribution in [0.1, 0.15) is 5.56 Å². The van der Waals surface area contributed by atoms with Crippen LogP contribution in [0.3, 0.4) is 0 Å². The van der Waals surface area contributed by atoms with Crippen LogP contribution in [-0.2, 0) is 14.4 Å². The van der Waals surface area contributed by atoms with Gasteiger partial charge in [-0.3, -0.25) is 19.8 Å². The molecule has 7 nitrogen and oxygen atoms in total.